The molecule has 0 saturated carbocycles. The molecule has 1 aliphatic carbocycles. The number of aromatic nitrogens is 2. The average molecular weight is 645 g/mol. The normalized spacial score (nSPS) is 13.3. The Kier molecular flexibility index (Phi) is 6.12. The van der Waals surface area contributed by atoms with Crippen LogP contribution in [-0.4, -0.2) is 9.55 Å². The Balaban J connectivity index is 1.17. The summed E-state index contributed by atoms with van der Waals surface area (Å²) in [5, 5.41) is 3.56. The van der Waals surface area contributed by atoms with Crippen molar-refractivity contribution in [3.05, 3.63) is 169 Å². The molecule has 9 aromatic rings. The van der Waals surface area contributed by atoms with Crippen LogP contribution in [0.1, 0.15) is 25.0 Å². The van der Waals surface area contributed by atoms with Gasteiger partial charge in [0, 0.05) is 33.0 Å². The van der Waals surface area contributed by atoms with Crippen molar-refractivity contribution in [1.29, 1.82) is 0 Å². The summed E-state index contributed by atoms with van der Waals surface area (Å²) >= 11 is 1.74. The van der Waals surface area contributed by atoms with E-state index in [1.165, 1.54) is 71.0 Å². The minimum atomic E-state index is -0.0349. The number of benzene rings is 7. The van der Waals surface area contributed by atoms with Gasteiger partial charge in [-0.2, -0.15) is 0 Å². The predicted molar refractivity (Wildman–Crippen MR) is 208 cm³/mol. The molecule has 0 amide bonds. The number of hydrogen-bond donors (Lipinski definition) is 0. The Morgan fingerprint density at radius 2 is 1.20 bits per heavy atom. The van der Waals surface area contributed by atoms with Crippen LogP contribution in [0, 0.1) is 0 Å². The van der Waals surface area contributed by atoms with Crippen LogP contribution >= 0.6 is 11.3 Å². The highest BCUT2D eigenvalue weighted by Gasteiger charge is 2.36. The molecular formula is C46H32N2S. The third kappa shape index (κ3) is 4.22. The lowest BCUT2D eigenvalue weighted by Crippen LogP contribution is -2.14. The fourth-order valence-corrected chi connectivity index (χ4v) is 9.07. The number of hydrogen-bond acceptors (Lipinski definition) is 2. The third-order valence-electron chi connectivity index (χ3n) is 10.5. The highest BCUT2D eigenvalue weighted by Crippen LogP contribution is 2.52. The molecule has 7 aromatic carbocycles. The van der Waals surface area contributed by atoms with Gasteiger partial charge in [-0.1, -0.05) is 135 Å². The van der Waals surface area contributed by atoms with E-state index < -0.39 is 0 Å². The zero-order valence-electron chi connectivity index (χ0n) is 27.3. The van der Waals surface area contributed by atoms with Gasteiger partial charge in [-0.3, -0.25) is 0 Å². The van der Waals surface area contributed by atoms with Crippen LogP contribution in [0.2, 0.25) is 0 Å². The lowest BCUT2D eigenvalue weighted by molar-refractivity contribution is 0.660. The maximum Gasteiger partial charge on any atom is 0.124 e. The molecule has 3 heteroatoms. The number of para-hydroxylation sites is 3. The molecule has 0 radical (unpaired) electrons. The summed E-state index contributed by atoms with van der Waals surface area (Å²) in [6, 6.07) is 57.6. The summed E-state index contributed by atoms with van der Waals surface area (Å²) in [5.74, 6) is 0. The monoisotopic (exact) mass is 644 g/mol. The summed E-state index contributed by atoms with van der Waals surface area (Å²) in [4.78, 5) is 4.91. The van der Waals surface area contributed by atoms with E-state index in [1.807, 2.05) is 0 Å². The standard InChI is InChI=1S/C46H32N2S/c1-46(2)38-18-7-6-14-36(38)43-33(15-11-19-39(43)46)31-26-27-41-37(28-31)35-17-10-16-34(44(35)48(41)32-12-4-3-5-13-32)29-22-24-30(25-23-29)45-47-40-20-8-9-21-42(40)49-45/h3-28H,1-2H3. The van der Waals surface area contributed by atoms with Crippen molar-refractivity contribution in [2.24, 2.45) is 0 Å². The third-order valence-corrected chi connectivity index (χ3v) is 11.5. The van der Waals surface area contributed by atoms with E-state index >= 15 is 0 Å². The van der Waals surface area contributed by atoms with Crippen LogP contribution in [0.25, 0.3) is 81.7 Å². The van der Waals surface area contributed by atoms with Gasteiger partial charge in [0.25, 0.3) is 0 Å². The Bertz CT molecular complexity index is 2700. The summed E-state index contributed by atoms with van der Waals surface area (Å²) in [6.45, 7) is 4.70. The van der Waals surface area contributed by atoms with Gasteiger partial charge in [-0.25, -0.2) is 4.98 Å². The van der Waals surface area contributed by atoms with Crippen molar-refractivity contribution in [3.8, 4) is 49.6 Å². The smallest absolute Gasteiger partial charge is 0.124 e. The molecule has 0 saturated heterocycles. The van der Waals surface area contributed by atoms with Crippen LogP contribution < -0.4 is 0 Å². The van der Waals surface area contributed by atoms with Gasteiger partial charge in [0.05, 0.1) is 21.3 Å². The first-order valence-corrected chi connectivity index (χ1v) is 17.7. The molecule has 232 valence electrons. The van der Waals surface area contributed by atoms with E-state index in [2.05, 4.69) is 176 Å². The van der Waals surface area contributed by atoms with E-state index in [9.17, 15) is 0 Å². The van der Waals surface area contributed by atoms with Crippen molar-refractivity contribution in [1.82, 2.24) is 9.55 Å². The summed E-state index contributed by atoms with van der Waals surface area (Å²) < 4.78 is 3.66. The Hall–Kier alpha value is -5.77. The van der Waals surface area contributed by atoms with Crippen molar-refractivity contribution < 1.29 is 0 Å². The highest BCUT2D eigenvalue weighted by atomic mass is 32.1. The molecule has 0 fully saturated rings. The molecule has 10 rings (SSSR count). The number of nitrogens with zero attached hydrogens (tertiary/aromatic N) is 2. The fourth-order valence-electron chi connectivity index (χ4n) is 8.10. The van der Waals surface area contributed by atoms with Crippen LogP contribution in [0.4, 0.5) is 0 Å². The fraction of sp³-hybridized carbons (Fsp3) is 0.0652. The van der Waals surface area contributed by atoms with Crippen molar-refractivity contribution in [2.75, 3.05) is 0 Å². The van der Waals surface area contributed by atoms with Crippen LogP contribution in [0.15, 0.2) is 158 Å². The molecule has 0 aliphatic heterocycles. The molecule has 0 N–H and O–H groups in total. The van der Waals surface area contributed by atoms with Gasteiger partial charge >= 0.3 is 0 Å². The van der Waals surface area contributed by atoms with E-state index in [1.54, 1.807) is 11.3 Å². The first-order valence-electron chi connectivity index (χ1n) is 16.9. The van der Waals surface area contributed by atoms with Gasteiger partial charge in [-0.15, -0.1) is 11.3 Å². The zero-order chi connectivity index (χ0) is 32.7. The van der Waals surface area contributed by atoms with Crippen LogP contribution in [-0.2, 0) is 5.41 Å². The average Bonchev–Trinajstić information content (AvgIpc) is 3.81. The van der Waals surface area contributed by atoms with E-state index in [0.717, 1.165) is 21.8 Å². The summed E-state index contributed by atoms with van der Waals surface area (Å²) in [7, 11) is 0. The van der Waals surface area contributed by atoms with Gasteiger partial charge in [-0.05, 0) is 75.3 Å². The zero-order valence-corrected chi connectivity index (χ0v) is 28.1. The highest BCUT2D eigenvalue weighted by molar-refractivity contribution is 7.21. The second-order valence-corrected chi connectivity index (χ2v) is 14.6. The number of fused-ring (bicyclic) bond motifs is 7. The molecule has 0 spiro atoms. The molecule has 2 nitrogen and oxygen atoms in total. The molecule has 49 heavy (non-hydrogen) atoms. The summed E-state index contributed by atoms with van der Waals surface area (Å²) in [6.07, 6.45) is 0. The molecule has 2 heterocycles. The van der Waals surface area contributed by atoms with E-state index in [0.29, 0.717) is 0 Å². The minimum absolute atomic E-state index is 0.0349. The predicted octanol–water partition coefficient (Wildman–Crippen LogP) is 12.7. The van der Waals surface area contributed by atoms with Crippen LogP contribution in [0.5, 0.6) is 0 Å². The molecule has 0 unspecified atom stereocenters. The van der Waals surface area contributed by atoms with Crippen molar-refractivity contribution in [2.45, 2.75) is 19.3 Å². The molecular weight excluding hydrogens is 613 g/mol. The lowest BCUT2D eigenvalue weighted by atomic mass is 9.82. The first kappa shape index (κ1) is 28.3. The van der Waals surface area contributed by atoms with Gasteiger partial charge in [0.2, 0.25) is 0 Å². The maximum atomic E-state index is 4.91. The summed E-state index contributed by atoms with van der Waals surface area (Å²) in [5.41, 5.74) is 16.2. The minimum Gasteiger partial charge on any atom is -0.309 e. The SMILES string of the molecule is CC1(C)c2ccccc2-c2c(-c3ccc4c(c3)c3cccc(-c5ccc(-c6nc7ccccc7s6)cc5)c3n4-c3ccccc3)cccc21. The Labute approximate surface area is 289 Å². The topological polar surface area (TPSA) is 17.8 Å². The Morgan fingerprint density at radius 3 is 2.06 bits per heavy atom. The molecule has 0 atom stereocenters. The Morgan fingerprint density at radius 1 is 0.531 bits per heavy atom. The van der Waals surface area contributed by atoms with Crippen molar-refractivity contribution in [3.63, 3.8) is 0 Å². The van der Waals surface area contributed by atoms with Crippen molar-refractivity contribution >= 4 is 43.4 Å². The van der Waals surface area contributed by atoms with Crippen LogP contribution in [0.3, 0.4) is 0 Å². The van der Waals surface area contributed by atoms with Gasteiger partial charge < -0.3 is 4.57 Å². The van der Waals surface area contributed by atoms with E-state index in [4.69, 9.17) is 4.98 Å². The molecule has 0 bridgehead atoms. The van der Waals surface area contributed by atoms with Gasteiger partial charge in [0.1, 0.15) is 5.01 Å². The lowest BCUT2D eigenvalue weighted by Gasteiger charge is -2.21. The molecule has 1 aliphatic rings. The number of thiazole rings is 1. The molecule has 2 aromatic heterocycles. The maximum absolute atomic E-state index is 4.91. The van der Waals surface area contributed by atoms with Gasteiger partial charge in [0.15, 0.2) is 0 Å². The quantitative estimate of drug-likeness (QED) is 0.186. The second kappa shape index (κ2) is 10.6. The van der Waals surface area contributed by atoms with E-state index in [-0.39, 0.29) is 5.41 Å². The largest absolute Gasteiger partial charge is 0.309 e. The first-order chi connectivity index (χ1) is 24.1. The number of rotatable bonds is 4. The second-order valence-electron chi connectivity index (χ2n) is 13.6.